The largest absolute Gasteiger partial charge is 0.314 e. The van der Waals surface area contributed by atoms with Gasteiger partial charge in [-0.3, -0.25) is 0 Å². The number of hydrogen-bond acceptors (Lipinski definition) is 2. The normalized spacial score (nSPS) is 33.9. The molecule has 0 spiro atoms. The Morgan fingerprint density at radius 2 is 0.882 bits per heavy atom. The first-order valence-electron chi connectivity index (χ1n) is 7.92. The summed E-state index contributed by atoms with van der Waals surface area (Å²) in [5.74, 6) is 0. The fourth-order valence-corrected chi connectivity index (χ4v) is 3.30. The second-order valence-corrected chi connectivity index (χ2v) is 5.93. The summed E-state index contributed by atoms with van der Waals surface area (Å²) in [7, 11) is 0. The van der Waals surface area contributed by atoms with Gasteiger partial charge in [0.25, 0.3) is 0 Å². The molecule has 1 saturated carbocycles. The van der Waals surface area contributed by atoms with Crippen LogP contribution in [0.25, 0.3) is 0 Å². The van der Waals surface area contributed by atoms with Gasteiger partial charge in [-0.05, 0) is 51.6 Å². The van der Waals surface area contributed by atoms with E-state index >= 15 is 0 Å². The van der Waals surface area contributed by atoms with E-state index in [0.29, 0.717) is 0 Å². The van der Waals surface area contributed by atoms with Crippen LogP contribution in [0.2, 0.25) is 0 Å². The van der Waals surface area contributed by atoms with Crippen molar-refractivity contribution >= 4 is 0 Å². The van der Waals surface area contributed by atoms with Crippen LogP contribution in [0.15, 0.2) is 0 Å². The summed E-state index contributed by atoms with van der Waals surface area (Å²) < 4.78 is 0. The summed E-state index contributed by atoms with van der Waals surface area (Å²) in [6.07, 6.45) is 15.5. The molecule has 0 amide bonds. The van der Waals surface area contributed by atoms with Crippen LogP contribution in [0.1, 0.15) is 70.6 Å². The van der Waals surface area contributed by atoms with Crippen LogP contribution < -0.4 is 10.6 Å². The van der Waals surface area contributed by atoms with Crippen molar-refractivity contribution in [2.45, 2.75) is 82.7 Å². The molecule has 0 radical (unpaired) electrons. The zero-order valence-electron chi connectivity index (χ0n) is 11.3. The molecule has 3 rings (SSSR count). The number of hydrogen-bond donors (Lipinski definition) is 2. The SMILES string of the molecule is C1CCNC2CCCCC(CCCC2)NCC1. The summed E-state index contributed by atoms with van der Waals surface area (Å²) in [4.78, 5) is 0. The Balaban J connectivity index is 1.89. The standard InChI is InChI=1S/C15H30N2/c1-6-12-16-14-8-2-3-9-15(17-13-7-1)11-5-4-10-14/h14-17H,1-13H2. The van der Waals surface area contributed by atoms with Gasteiger partial charge in [-0.15, -0.1) is 0 Å². The molecule has 2 N–H and O–H groups in total. The molecule has 0 aromatic carbocycles. The van der Waals surface area contributed by atoms with Crippen LogP contribution in [0.4, 0.5) is 0 Å². The second-order valence-electron chi connectivity index (χ2n) is 5.93. The Morgan fingerprint density at radius 3 is 1.29 bits per heavy atom. The summed E-state index contributed by atoms with van der Waals surface area (Å²) in [5.41, 5.74) is 0. The van der Waals surface area contributed by atoms with Gasteiger partial charge in [-0.1, -0.05) is 32.1 Å². The monoisotopic (exact) mass is 238 g/mol. The molecule has 3 aliphatic rings. The molecule has 1 aliphatic carbocycles. The topological polar surface area (TPSA) is 24.1 Å². The van der Waals surface area contributed by atoms with Gasteiger partial charge < -0.3 is 10.6 Å². The maximum atomic E-state index is 3.79. The van der Waals surface area contributed by atoms with Gasteiger partial charge in [0.1, 0.15) is 0 Å². The molecule has 0 aromatic rings. The van der Waals surface area contributed by atoms with Gasteiger partial charge in [0.2, 0.25) is 0 Å². The molecular weight excluding hydrogens is 208 g/mol. The average Bonchev–Trinajstić information content (AvgIpc) is 2.39. The lowest BCUT2D eigenvalue weighted by Gasteiger charge is -2.23. The first kappa shape index (κ1) is 13.4. The first-order chi connectivity index (χ1) is 8.45. The molecule has 2 heteroatoms. The fraction of sp³-hybridized carbons (Fsp3) is 1.00. The molecule has 17 heavy (non-hydrogen) atoms. The molecule has 0 aromatic heterocycles. The maximum absolute atomic E-state index is 3.79. The molecule has 2 heterocycles. The molecule has 2 bridgehead atoms. The van der Waals surface area contributed by atoms with Crippen molar-refractivity contribution in [2.75, 3.05) is 13.1 Å². The van der Waals surface area contributed by atoms with Crippen molar-refractivity contribution in [3.05, 3.63) is 0 Å². The Hall–Kier alpha value is -0.0800. The lowest BCUT2D eigenvalue weighted by molar-refractivity contribution is 0.366. The number of rotatable bonds is 0. The molecule has 2 nitrogen and oxygen atoms in total. The molecule has 0 unspecified atom stereocenters. The lowest BCUT2D eigenvalue weighted by Crippen LogP contribution is -2.31. The van der Waals surface area contributed by atoms with Crippen LogP contribution in [0.3, 0.4) is 0 Å². The van der Waals surface area contributed by atoms with Crippen molar-refractivity contribution in [1.29, 1.82) is 0 Å². The summed E-state index contributed by atoms with van der Waals surface area (Å²) >= 11 is 0. The minimum atomic E-state index is 0.820. The zero-order valence-corrected chi connectivity index (χ0v) is 11.3. The van der Waals surface area contributed by atoms with E-state index in [1.165, 1.54) is 83.7 Å². The predicted molar refractivity (Wildman–Crippen MR) is 74.4 cm³/mol. The third kappa shape index (κ3) is 5.39. The molecule has 3 fully saturated rings. The molecular formula is C15H30N2. The molecule has 2 saturated heterocycles. The highest BCUT2D eigenvalue weighted by molar-refractivity contribution is 4.74. The molecule has 100 valence electrons. The summed E-state index contributed by atoms with van der Waals surface area (Å²) in [6, 6.07) is 1.64. The highest BCUT2D eigenvalue weighted by Gasteiger charge is 2.14. The van der Waals surface area contributed by atoms with Gasteiger partial charge in [0.05, 0.1) is 0 Å². The van der Waals surface area contributed by atoms with Gasteiger partial charge in [0.15, 0.2) is 0 Å². The van der Waals surface area contributed by atoms with E-state index in [1.54, 1.807) is 0 Å². The zero-order chi connectivity index (χ0) is 11.8. The molecule has 0 atom stereocenters. The third-order valence-electron chi connectivity index (χ3n) is 4.43. The van der Waals surface area contributed by atoms with E-state index in [-0.39, 0.29) is 0 Å². The lowest BCUT2D eigenvalue weighted by atomic mass is 9.95. The van der Waals surface area contributed by atoms with E-state index in [1.807, 2.05) is 0 Å². The first-order valence-corrected chi connectivity index (χ1v) is 7.92. The van der Waals surface area contributed by atoms with Crippen molar-refractivity contribution in [3.63, 3.8) is 0 Å². The van der Waals surface area contributed by atoms with E-state index in [9.17, 15) is 0 Å². The number of nitrogens with one attached hydrogen (secondary N) is 2. The van der Waals surface area contributed by atoms with Gasteiger partial charge in [-0.2, -0.15) is 0 Å². The number of fused-ring (bicyclic) bond motifs is 12. The highest BCUT2D eigenvalue weighted by atomic mass is 14.9. The van der Waals surface area contributed by atoms with Crippen molar-refractivity contribution < 1.29 is 0 Å². The van der Waals surface area contributed by atoms with Crippen molar-refractivity contribution in [1.82, 2.24) is 10.6 Å². The minimum Gasteiger partial charge on any atom is -0.314 e. The fourth-order valence-electron chi connectivity index (χ4n) is 3.30. The van der Waals surface area contributed by atoms with E-state index in [0.717, 1.165) is 12.1 Å². The Morgan fingerprint density at radius 1 is 0.471 bits per heavy atom. The van der Waals surface area contributed by atoms with Gasteiger partial charge >= 0.3 is 0 Å². The van der Waals surface area contributed by atoms with E-state index in [2.05, 4.69) is 10.6 Å². The van der Waals surface area contributed by atoms with Gasteiger partial charge in [-0.25, -0.2) is 0 Å². The Bertz CT molecular complexity index is 156. The molecule has 2 aliphatic heterocycles. The second kappa shape index (κ2) is 8.10. The highest BCUT2D eigenvalue weighted by Crippen LogP contribution is 2.18. The Labute approximate surface area is 107 Å². The summed E-state index contributed by atoms with van der Waals surface area (Å²) in [6.45, 7) is 2.49. The minimum absolute atomic E-state index is 0.820. The quantitative estimate of drug-likeness (QED) is 0.677. The van der Waals surface area contributed by atoms with Crippen molar-refractivity contribution in [3.8, 4) is 0 Å². The Kier molecular flexibility index (Phi) is 6.36. The third-order valence-corrected chi connectivity index (χ3v) is 4.43. The van der Waals surface area contributed by atoms with Crippen LogP contribution >= 0.6 is 0 Å². The van der Waals surface area contributed by atoms with E-state index < -0.39 is 0 Å². The van der Waals surface area contributed by atoms with Crippen LogP contribution in [0.5, 0.6) is 0 Å². The van der Waals surface area contributed by atoms with Gasteiger partial charge in [0, 0.05) is 12.1 Å². The van der Waals surface area contributed by atoms with Crippen LogP contribution in [-0.2, 0) is 0 Å². The van der Waals surface area contributed by atoms with Crippen molar-refractivity contribution in [2.24, 2.45) is 0 Å². The van der Waals surface area contributed by atoms with Crippen LogP contribution in [0, 0.1) is 0 Å². The predicted octanol–water partition coefficient (Wildman–Crippen LogP) is 3.22. The van der Waals surface area contributed by atoms with Crippen LogP contribution in [-0.4, -0.2) is 25.2 Å². The smallest absolute Gasteiger partial charge is 0.00670 e. The van der Waals surface area contributed by atoms with E-state index in [4.69, 9.17) is 0 Å². The summed E-state index contributed by atoms with van der Waals surface area (Å²) in [5, 5.41) is 7.58. The maximum Gasteiger partial charge on any atom is 0.00670 e. The average molecular weight is 238 g/mol.